The molecule has 0 atom stereocenters. The molecule has 0 aliphatic rings. The maximum atomic E-state index is 4.15. The van der Waals surface area contributed by atoms with Crippen LogP contribution in [0.1, 0.15) is 0 Å². The second-order valence-electron chi connectivity index (χ2n) is 4.09. The van der Waals surface area contributed by atoms with Crippen molar-refractivity contribution in [2.24, 2.45) is 0 Å². The molecule has 0 N–H and O–H groups in total. The summed E-state index contributed by atoms with van der Waals surface area (Å²) in [6.07, 6.45) is 1.78. The lowest BCUT2D eigenvalue weighted by Crippen LogP contribution is -2.22. The normalized spacial score (nSPS) is 10.0. The standard InChI is InChI=1S/C10H19N5/c1-13(2)8-7-11-12-10(15(5)6)9(8)14(3)4/h7H,1-6H3. The molecule has 1 aromatic heterocycles. The fourth-order valence-corrected chi connectivity index (χ4v) is 1.42. The molecule has 5 nitrogen and oxygen atoms in total. The van der Waals surface area contributed by atoms with Gasteiger partial charge >= 0.3 is 0 Å². The van der Waals surface area contributed by atoms with Gasteiger partial charge in [-0.05, 0) is 0 Å². The predicted molar refractivity (Wildman–Crippen MR) is 65.0 cm³/mol. The molecule has 1 rings (SSSR count). The van der Waals surface area contributed by atoms with Gasteiger partial charge in [0.25, 0.3) is 0 Å². The number of aromatic nitrogens is 2. The highest BCUT2D eigenvalue weighted by Gasteiger charge is 2.15. The van der Waals surface area contributed by atoms with Crippen molar-refractivity contribution in [3.05, 3.63) is 6.20 Å². The number of hydrogen-bond acceptors (Lipinski definition) is 5. The summed E-state index contributed by atoms with van der Waals surface area (Å²) in [5.74, 6) is 0.881. The Morgan fingerprint density at radius 3 is 1.87 bits per heavy atom. The van der Waals surface area contributed by atoms with Crippen LogP contribution in [-0.2, 0) is 0 Å². The van der Waals surface area contributed by atoms with Crippen LogP contribution in [-0.4, -0.2) is 52.5 Å². The Balaban J connectivity index is 3.35. The van der Waals surface area contributed by atoms with Crippen LogP contribution < -0.4 is 14.7 Å². The Morgan fingerprint density at radius 1 is 0.867 bits per heavy atom. The predicted octanol–water partition coefficient (Wildman–Crippen LogP) is 0.675. The molecule has 0 amide bonds. The topological polar surface area (TPSA) is 35.5 Å². The van der Waals surface area contributed by atoms with Crippen LogP contribution in [0.15, 0.2) is 6.20 Å². The zero-order chi connectivity index (χ0) is 11.6. The summed E-state index contributed by atoms with van der Waals surface area (Å²) in [6, 6.07) is 0. The molecule has 0 bridgehead atoms. The summed E-state index contributed by atoms with van der Waals surface area (Å²) in [6.45, 7) is 0. The van der Waals surface area contributed by atoms with Crippen molar-refractivity contribution in [2.45, 2.75) is 0 Å². The largest absolute Gasteiger partial charge is 0.375 e. The van der Waals surface area contributed by atoms with Gasteiger partial charge in [-0.2, -0.15) is 5.10 Å². The minimum absolute atomic E-state index is 0.881. The van der Waals surface area contributed by atoms with Gasteiger partial charge in [0.15, 0.2) is 5.82 Å². The van der Waals surface area contributed by atoms with E-state index in [0.29, 0.717) is 0 Å². The van der Waals surface area contributed by atoms with Crippen molar-refractivity contribution in [2.75, 3.05) is 57.0 Å². The maximum Gasteiger partial charge on any atom is 0.176 e. The first-order valence-corrected chi connectivity index (χ1v) is 4.82. The molecule has 0 aliphatic carbocycles. The van der Waals surface area contributed by atoms with Crippen molar-refractivity contribution < 1.29 is 0 Å². The molecular formula is C10H19N5. The second-order valence-corrected chi connectivity index (χ2v) is 4.09. The lowest BCUT2D eigenvalue weighted by atomic mass is 10.3. The van der Waals surface area contributed by atoms with Crippen molar-refractivity contribution in [3.8, 4) is 0 Å². The molecule has 0 unspecified atom stereocenters. The van der Waals surface area contributed by atoms with Gasteiger partial charge in [0.1, 0.15) is 5.69 Å². The quantitative estimate of drug-likeness (QED) is 0.731. The number of hydrogen-bond donors (Lipinski definition) is 0. The maximum absolute atomic E-state index is 4.15. The summed E-state index contributed by atoms with van der Waals surface area (Å²) in [7, 11) is 12.0. The van der Waals surface area contributed by atoms with E-state index in [2.05, 4.69) is 15.1 Å². The van der Waals surface area contributed by atoms with E-state index in [1.165, 1.54) is 0 Å². The Hall–Kier alpha value is -1.52. The van der Waals surface area contributed by atoms with E-state index in [-0.39, 0.29) is 0 Å². The fraction of sp³-hybridized carbons (Fsp3) is 0.600. The van der Waals surface area contributed by atoms with Crippen LogP contribution >= 0.6 is 0 Å². The van der Waals surface area contributed by atoms with E-state index in [9.17, 15) is 0 Å². The smallest absolute Gasteiger partial charge is 0.176 e. The number of rotatable bonds is 3. The van der Waals surface area contributed by atoms with Gasteiger partial charge in [0.05, 0.1) is 11.9 Å². The highest BCUT2D eigenvalue weighted by Crippen LogP contribution is 2.32. The molecule has 1 heterocycles. The lowest BCUT2D eigenvalue weighted by molar-refractivity contribution is 0.932. The van der Waals surface area contributed by atoms with E-state index in [1.54, 1.807) is 6.20 Å². The van der Waals surface area contributed by atoms with Gasteiger partial charge in [0.2, 0.25) is 0 Å². The SMILES string of the molecule is CN(C)c1cnnc(N(C)C)c1N(C)C. The van der Waals surface area contributed by atoms with Crippen LogP contribution in [0.2, 0.25) is 0 Å². The molecular weight excluding hydrogens is 190 g/mol. The van der Waals surface area contributed by atoms with E-state index < -0.39 is 0 Å². The Labute approximate surface area is 91.3 Å². The van der Waals surface area contributed by atoms with Gasteiger partial charge in [0, 0.05) is 42.3 Å². The van der Waals surface area contributed by atoms with Crippen molar-refractivity contribution in [3.63, 3.8) is 0 Å². The Bertz CT molecular complexity index is 306. The summed E-state index contributed by atoms with van der Waals surface area (Å²) >= 11 is 0. The van der Waals surface area contributed by atoms with Gasteiger partial charge in [-0.15, -0.1) is 5.10 Å². The molecule has 0 aromatic carbocycles. The van der Waals surface area contributed by atoms with E-state index >= 15 is 0 Å². The third-order valence-corrected chi connectivity index (χ3v) is 2.14. The van der Waals surface area contributed by atoms with Gasteiger partial charge < -0.3 is 14.7 Å². The van der Waals surface area contributed by atoms with Crippen LogP contribution in [0, 0.1) is 0 Å². The van der Waals surface area contributed by atoms with Crippen LogP contribution in [0.4, 0.5) is 17.2 Å². The highest BCUT2D eigenvalue weighted by molar-refractivity contribution is 5.80. The van der Waals surface area contributed by atoms with Gasteiger partial charge in [-0.1, -0.05) is 0 Å². The highest BCUT2D eigenvalue weighted by atomic mass is 15.3. The molecule has 0 fully saturated rings. The molecule has 0 saturated heterocycles. The Kier molecular flexibility index (Phi) is 3.34. The molecule has 0 aliphatic heterocycles. The van der Waals surface area contributed by atoms with Crippen LogP contribution in [0.5, 0.6) is 0 Å². The first-order chi connectivity index (χ1) is 6.95. The third-order valence-electron chi connectivity index (χ3n) is 2.14. The summed E-state index contributed by atoms with van der Waals surface area (Å²) in [5, 5.41) is 8.16. The molecule has 0 radical (unpaired) electrons. The number of anilines is 3. The third kappa shape index (κ3) is 2.29. The molecule has 15 heavy (non-hydrogen) atoms. The monoisotopic (exact) mass is 209 g/mol. The van der Waals surface area contributed by atoms with Crippen molar-refractivity contribution in [1.82, 2.24) is 10.2 Å². The fourth-order valence-electron chi connectivity index (χ4n) is 1.42. The first kappa shape index (κ1) is 11.6. The summed E-state index contributed by atoms with van der Waals surface area (Å²) < 4.78 is 0. The van der Waals surface area contributed by atoms with Gasteiger partial charge in [-0.25, -0.2) is 0 Å². The zero-order valence-corrected chi connectivity index (χ0v) is 10.3. The lowest BCUT2D eigenvalue weighted by Gasteiger charge is -2.26. The van der Waals surface area contributed by atoms with Crippen molar-refractivity contribution >= 4 is 17.2 Å². The minimum atomic E-state index is 0.881. The minimum Gasteiger partial charge on any atom is -0.375 e. The summed E-state index contributed by atoms with van der Waals surface area (Å²) in [5.41, 5.74) is 2.15. The molecule has 0 spiro atoms. The van der Waals surface area contributed by atoms with Crippen molar-refractivity contribution in [1.29, 1.82) is 0 Å². The average Bonchev–Trinajstić information content (AvgIpc) is 2.16. The van der Waals surface area contributed by atoms with Crippen LogP contribution in [0.25, 0.3) is 0 Å². The first-order valence-electron chi connectivity index (χ1n) is 4.82. The zero-order valence-electron chi connectivity index (χ0n) is 10.3. The molecule has 0 saturated carbocycles. The van der Waals surface area contributed by atoms with E-state index in [4.69, 9.17) is 0 Å². The van der Waals surface area contributed by atoms with E-state index in [1.807, 2.05) is 52.1 Å². The molecule has 1 aromatic rings. The molecule has 5 heteroatoms. The average molecular weight is 209 g/mol. The molecule has 84 valence electrons. The Morgan fingerprint density at radius 2 is 1.47 bits per heavy atom. The van der Waals surface area contributed by atoms with Gasteiger partial charge in [-0.3, -0.25) is 0 Å². The summed E-state index contributed by atoms with van der Waals surface area (Å²) in [4.78, 5) is 6.06. The van der Waals surface area contributed by atoms with Crippen LogP contribution in [0.3, 0.4) is 0 Å². The van der Waals surface area contributed by atoms with E-state index in [0.717, 1.165) is 17.2 Å². The second kappa shape index (κ2) is 4.33. The number of nitrogens with zero attached hydrogens (tertiary/aromatic N) is 5.